The Bertz CT molecular complexity index is 952. The van der Waals surface area contributed by atoms with Gasteiger partial charge in [-0.15, -0.1) is 0 Å². The van der Waals surface area contributed by atoms with Crippen molar-refractivity contribution < 1.29 is 18.0 Å². The van der Waals surface area contributed by atoms with Crippen LogP contribution in [0.25, 0.3) is 0 Å². The van der Waals surface area contributed by atoms with Gasteiger partial charge in [-0.2, -0.15) is 0 Å². The van der Waals surface area contributed by atoms with Crippen LogP contribution in [-0.2, 0) is 25.8 Å². The summed E-state index contributed by atoms with van der Waals surface area (Å²) in [5.74, 6) is -0.941. The van der Waals surface area contributed by atoms with Crippen molar-refractivity contribution in [2.24, 2.45) is 0 Å². The molecule has 0 bridgehead atoms. The third kappa shape index (κ3) is 4.54. The van der Waals surface area contributed by atoms with Crippen molar-refractivity contribution >= 4 is 27.3 Å². The minimum Gasteiger partial charge on any atom is -0.347 e. The molecular weight excluding hydrogens is 364 g/mol. The quantitative estimate of drug-likeness (QED) is 0.821. The summed E-state index contributed by atoms with van der Waals surface area (Å²) in [7, 11) is -3.52. The Balaban J connectivity index is 1.50. The summed E-state index contributed by atoms with van der Waals surface area (Å²) >= 11 is 0. The molecule has 3 rings (SSSR count). The first-order chi connectivity index (χ1) is 12.9. The van der Waals surface area contributed by atoms with Crippen molar-refractivity contribution in [1.82, 2.24) is 5.32 Å². The monoisotopic (exact) mass is 386 g/mol. The summed E-state index contributed by atoms with van der Waals surface area (Å²) in [5, 5.41) is 2.53. The number of amides is 2. The molecule has 0 unspecified atom stereocenters. The number of fused-ring (bicyclic) bond motifs is 1. The number of carbonyl (C=O) groups excluding carboxylic acids is 2. The minimum absolute atomic E-state index is 0.141. The highest BCUT2D eigenvalue weighted by Crippen LogP contribution is 2.27. The summed E-state index contributed by atoms with van der Waals surface area (Å²) in [6.45, 7) is 2.33. The normalized spacial score (nSPS) is 13.3. The van der Waals surface area contributed by atoms with Crippen molar-refractivity contribution in [2.75, 3.05) is 23.7 Å². The molecule has 0 atom stereocenters. The number of hydrogen-bond donors (Lipinski definition) is 1. The first kappa shape index (κ1) is 19.1. The molecule has 142 valence electrons. The summed E-state index contributed by atoms with van der Waals surface area (Å²) in [4.78, 5) is 26.2. The first-order valence-corrected chi connectivity index (χ1v) is 10.5. The number of benzene rings is 2. The van der Waals surface area contributed by atoms with Crippen LogP contribution in [0.2, 0.25) is 0 Å². The van der Waals surface area contributed by atoms with Gasteiger partial charge in [0.05, 0.1) is 17.2 Å². The molecular formula is C20H22N2O4S. The number of nitrogens with zero attached hydrogens (tertiary/aromatic N) is 1. The van der Waals surface area contributed by atoms with Gasteiger partial charge in [-0.25, -0.2) is 8.42 Å². The Morgan fingerprint density at radius 3 is 2.52 bits per heavy atom. The number of aryl methyl sites for hydroxylation is 1. The second kappa shape index (κ2) is 7.92. The van der Waals surface area contributed by atoms with Gasteiger partial charge in [0.1, 0.15) is 0 Å². The van der Waals surface area contributed by atoms with Gasteiger partial charge < -0.3 is 10.2 Å². The second-order valence-corrected chi connectivity index (χ2v) is 8.69. The molecule has 0 fully saturated rings. The van der Waals surface area contributed by atoms with E-state index in [2.05, 4.69) is 5.32 Å². The third-order valence-electron chi connectivity index (χ3n) is 4.60. The topological polar surface area (TPSA) is 83.5 Å². The van der Waals surface area contributed by atoms with E-state index in [0.717, 1.165) is 23.2 Å². The molecule has 27 heavy (non-hydrogen) atoms. The zero-order valence-electron chi connectivity index (χ0n) is 15.1. The van der Waals surface area contributed by atoms with Crippen molar-refractivity contribution in [3.8, 4) is 0 Å². The molecule has 0 saturated carbocycles. The fourth-order valence-corrected chi connectivity index (χ4v) is 4.29. The van der Waals surface area contributed by atoms with Crippen LogP contribution in [0, 0.1) is 6.92 Å². The number of sulfone groups is 1. The molecule has 7 heteroatoms. The standard InChI is InChI=1S/C20H22N2O4S/c1-15-6-8-17(9-7-15)27(25,26)13-11-19(23)21-14-20(24)22-12-10-16-4-2-3-5-18(16)22/h2-9H,10-14H2,1H3,(H,21,23). The van der Waals surface area contributed by atoms with Crippen molar-refractivity contribution in [3.05, 3.63) is 59.7 Å². The molecule has 6 nitrogen and oxygen atoms in total. The second-order valence-electron chi connectivity index (χ2n) is 6.58. The van der Waals surface area contributed by atoms with Gasteiger partial charge in [0.2, 0.25) is 11.8 Å². The SMILES string of the molecule is Cc1ccc(S(=O)(=O)CCC(=O)NCC(=O)N2CCc3ccccc32)cc1. The Kier molecular flexibility index (Phi) is 5.60. The largest absolute Gasteiger partial charge is 0.347 e. The van der Waals surface area contributed by atoms with E-state index in [9.17, 15) is 18.0 Å². The Hall–Kier alpha value is -2.67. The van der Waals surface area contributed by atoms with E-state index in [4.69, 9.17) is 0 Å². The van der Waals surface area contributed by atoms with Crippen LogP contribution < -0.4 is 10.2 Å². The van der Waals surface area contributed by atoms with E-state index >= 15 is 0 Å². The number of para-hydroxylation sites is 1. The maximum atomic E-state index is 12.4. The lowest BCUT2D eigenvalue weighted by molar-refractivity contribution is -0.124. The molecule has 0 radical (unpaired) electrons. The van der Waals surface area contributed by atoms with Crippen LogP contribution in [0.4, 0.5) is 5.69 Å². The van der Waals surface area contributed by atoms with Gasteiger partial charge in [-0.05, 0) is 37.1 Å². The van der Waals surface area contributed by atoms with Gasteiger partial charge in [-0.1, -0.05) is 35.9 Å². The van der Waals surface area contributed by atoms with Gasteiger partial charge in [0.15, 0.2) is 9.84 Å². The van der Waals surface area contributed by atoms with Gasteiger partial charge in [0, 0.05) is 18.7 Å². The van der Waals surface area contributed by atoms with Crippen LogP contribution in [0.3, 0.4) is 0 Å². The van der Waals surface area contributed by atoms with Crippen molar-refractivity contribution in [1.29, 1.82) is 0 Å². The lowest BCUT2D eigenvalue weighted by Crippen LogP contribution is -2.39. The molecule has 2 aromatic carbocycles. The third-order valence-corrected chi connectivity index (χ3v) is 6.33. The molecule has 0 saturated heterocycles. The van der Waals surface area contributed by atoms with E-state index in [1.807, 2.05) is 31.2 Å². The van der Waals surface area contributed by atoms with Crippen LogP contribution in [-0.4, -0.2) is 39.1 Å². The smallest absolute Gasteiger partial charge is 0.246 e. The summed E-state index contributed by atoms with van der Waals surface area (Å²) in [5.41, 5.74) is 2.95. The minimum atomic E-state index is -3.52. The highest BCUT2D eigenvalue weighted by molar-refractivity contribution is 7.91. The highest BCUT2D eigenvalue weighted by atomic mass is 32.2. The molecule has 2 aromatic rings. The van der Waals surface area contributed by atoms with Gasteiger partial charge in [0.25, 0.3) is 0 Å². The van der Waals surface area contributed by atoms with Gasteiger partial charge in [-0.3, -0.25) is 9.59 Å². The van der Waals surface area contributed by atoms with Crippen LogP contribution in [0.5, 0.6) is 0 Å². The highest BCUT2D eigenvalue weighted by Gasteiger charge is 2.24. The average Bonchev–Trinajstić information content (AvgIpc) is 3.09. The molecule has 0 spiro atoms. The molecule has 2 amide bonds. The zero-order chi connectivity index (χ0) is 19.4. The maximum absolute atomic E-state index is 12.4. The van der Waals surface area contributed by atoms with E-state index in [1.165, 1.54) is 12.1 Å². The predicted molar refractivity (Wildman–Crippen MR) is 103 cm³/mol. The molecule has 1 aliphatic heterocycles. The number of rotatable bonds is 6. The average molecular weight is 386 g/mol. The fraction of sp³-hybridized carbons (Fsp3) is 0.300. The van der Waals surface area contributed by atoms with E-state index < -0.39 is 15.7 Å². The van der Waals surface area contributed by atoms with E-state index in [-0.39, 0.29) is 29.5 Å². The fourth-order valence-electron chi connectivity index (χ4n) is 3.05. The summed E-state index contributed by atoms with van der Waals surface area (Å²) in [6, 6.07) is 14.2. The van der Waals surface area contributed by atoms with Gasteiger partial charge >= 0.3 is 0 Å². The van der Waals surface area contributed by atoms with Crippen molar-refractivity contribution in [3.63, 3.8) is 0 Å². The summed E-state index contributed by atoms with van der Waals surface area (Å²) in [6.07, 6.45) is 0.616. The molecule has 1 aliphatic rings. The molecule has 1 N–H and O–H groups in total. The zero-order valence-corrected chi connectivity index (χ0v) is 16.0. The van der Waals surface area contributed by atoms with E-state index in [1.54, 1.807) is 17.0 Å². The maximum Gasteiger partial charge on any atom is 0.246 e. The summed E-state index contributed by atoms with van der Waals surface area (Å²) < 4.78 is 24.6. The Morgan fingerprint density at radius 1 is 1.07 bits per heavy atom. The lowest BCUT2D eigenvalue weighted by atomic mass is 10.2. The first-order valence-electron chi connectivity index (χ1n) is 8.81. The van der Waals surface area contributed by atoms with Crippen LogP contribution >= 0.6 is 0 Å². The number of carbonyl (C=O) groups is 2. The number of anilines is 1. The Labute approximate surface area is 159 Å². The number of hydrogen-bond acceptors (Lipinski definition) is 4. The number of nitrogens with one attached hydrogen (secondary N) is 1. The van der Waals surface area contributed by atoms with Crippen molar-refractivity contribution in [2.45, 2.75) is 24.7 Å². The van der Waals surface area contributed by atoms with Crippen LogP contribution in [0.1, 0.15) is 17.5 Å². The molecule has 1 heterocycles. The lowest BCUT2D eigenvalue weighted by Gasteiger charge is -2.17. The molecule has 0 aliphatic carbocycles. The predicted octanol–water partition coefficient (Wildman–Crippen LogP) is 1.86. The molecule has 0 aromatic heterocycles. The van der Waals surface area contributed by atoms with Crippen LogP contribution in [0.15, 0.2) is 53.4 Å². The van der Waals surface area contributed by atoms with E-state index in [0.29, 0.717) is 6.54 Å². The Morgan fingerprint density at radius 2 is 1.78 bits per heavy atom.